The predicted octanol–water partition coefficient (Wildman–Crippen LogP) is 1.10. The molecule has 2 aliphatic carbocycles. The Balaban J connectivity index is 0.00000105. The van der Waals surface area contributed by atoms with Gasteiger partial charge in [0, 0.05) is 0 Å². The molecule has 1 saturated heterocycles. The third kappa shape index (κ3) is 3.15. The van der Waals surface area contributed by atoms with Crippen molar-refractivity contribution in [1.29, 1.82) is 0 Å². The molecule has 0 amide bonds. The number of benzene rings is 2. The Hall–Kier alpha value is -0.617. The minimum absolute atomic E-state index is 0. The van der Waals surface area contributed by atoms with Crippen LogP contribution in [0.5, 0.6) is 0 Å². The molecule has 27 heavy (non-hydrogen) atoms. The molecule has 2 aromatic carbocycles. The van der Waals surface area contributed by atoms with E-state index in [9.17, 15) is 0 Å². The van der Waals surface area contributed by atoms with Gasteiger partial charge in [-0.05, 0) is 0 Å². The zero-order valence-corrected chi connectivity index (χ0v) is 20.0. The van der Waals surface area contributed by atoms with E-state index in [2.05, 4.69) is 74.5 Å². The first-order valence-electron chi connectivity index (χ1n) is 9.75. The summed E-state index contributed by atoms with van der Waals surface area (Å²) in [6, 6.07) is 18.5. The molecule has 0 aromatic heterocycles. The number of hydrogen-bond donors (Lipinski definition) is 0. The Labute approximate surface area is 180 Å². The number of hydrogen-bond acceptors (Lipinski definition) is 0. The van der Waals surface area contributed by atoms with Crippen LogP contribution < -0.4 is 24.8 Å². The minimum Gasteiger partial charge on any atom is -1.00 e. The van der Waals surface area contributed by atoms with Crippen molar-refractivity contribution in [2.45, 2.75) is 42.2 Å². The fraction of sp³-hybridized carbons (Fsp3) is 0.333. The Kier molecular flexibility index (Phi) is 6.27. The largest absolute Gasteiger partial charge is 1.00 e. The number of rotatable bonds is 2. The molecule has 0 saturated carbocycles. The second-order valence-electron chi connectivity index (χ2n) is 8.34. The van der Waals surface area contributed by atoms with Crippen molar-refractivity contribution in [1.82, 2.24) is 0 Å². The second-order valence-corrected chi connectivity index (χ2v) is 19.7. The van der Waals surface area contributed by atoms with Crippen molar-refractivity contribution in [2.24, 2.45) is 0 Å². The summed E-state index contributed by atoms with van der Waals surface area (Å²) >= 11 is -2.49. The van der Waals surface area contributed by atoms with Gasteiger partial charge in [-0.1, -0.05) is 0 Å². The minimum atomic E-state index is -2.49. The van der Waals surface area contributed by atoms with Crippen molar-refractivity contribution < 1.29 is 45.1 Å². The van der Waals surface area contributed by atoms with Gasteiger partial charge in [0.1, 0.15) is 0 Å². The third-order valence-electron chi connectivity index (χ3n) is 6.98. The van der Waals surface area contributed by atoms with Crippen LogP contribution in [0.1, 0.15) is 56.2 Å². The van der Waals surface area contributed by atoms with E-state index in [1.54, 1.807) is 30.5 Å². The van der Waals surface area contributed by atoms with E-state index >= 15 is 0 Å². The molecular weight excluding hydrogens is 450 g/mol. The Morgan fingerprint density at radius 2 is 1.07 bits per heavy atom. The molecule has 0 nitrogen and oxygen atoms in total. The molecule has 2 atom stereocenters. The summed E-state index contributed by atoms with van der Waals surface area (Å²) in [4.78, 5) is 0. The maximum atomic E-state index is 2.50. The smallest absolute Gasteiger partial charge is 1.00 e. The van der Waals surface area contributed by atoms with Crippen LogP contribution in [0.25, 0.3) is 12.2 Å². The molecule has 2 unspecified atom stereocenters. The second kappa shape index (κ2) is 8.02. The summed E-state index contributed by atoms with van der Waals surface area (Å²) in [5.74, 6) is 0. The van der Waals surface area contributed by atoms with Crippen molar-refractivity contribution in [3.8, 4) is 0 Å². The van der Waals surface area contributed by atoms with Gasteiger partial charge in [0.15, 0.2) is 0 Å². The van der Waals surface area contributed by atoms with E-state index in [1.807, 2.05) is 0 Å². The van der Waals surface area contributed by atoms with E-state index in [4.69, 9.17) is 0 Å². The molecule has 0 bridgehead atoms. The van der Waals surface area contributed by atoms with E-state index in [1.165, 1.54) is 24.0 Å². The molecule has 0 N–H and O–H groups in total. The van der Waals surface area contributed by atoms with Crippen molar-refractivity contribution >= 4 is 12.2 Å². The molecule has 0 radical (unpaired) electrons. The fourth-order valence-corrected chi connectivity index (χ4v) is 24.2. The summed E-state index contributed by atoms with van der Waals surface area (Å²) in [5, 5.41) is 0. The van der Waals surface area contributed by atoms with Crippen LogP contribution in [-0.2, 0) is 20.3 Å². The van der Waals surface area contributed by atoms with Crippen molar-refractivity contribution in [3.63, 3.8) is 0 Å². The van der Waals surface area contributed by atoms with Crippen LogP contribution in [0.2, 0.25) is 8.26 Å². The first-order valence-corrected chi connectivity index (χ1v) is 16.1. The molecule has 1 heterocycles. The summed E-state index contributed by atoms with van der Waals surface area (Å²) in [7, 11) is 0. The topological polar surface area (TPSA) is 0 Å². The zero-order chi connectivity index (χ0) is 17.0. The Morgan fingerprint density at radius 3 is 1.52 bits per heavy atom. The van der Waals surface area contributed by atoms with Crippen LogP contribution >= 0.6 is 0 Å². The average Bonchev–Trinajstić information content (AvgIpc) is 3.28. The number of fused-ring (bicyclic) bond motifs is 2. The molecule has 1 aliphatic heterocycles. The average molecular weight is 477 g/mol. The summed E-state index contributed by atoms with van der Waals surface area (Å²) in [6.07, 6.45) is 7.93. The predicted molar refractivity (Wildman–Crippen MR) is 105 cm³/mol. The number of halogens is 2. The summed E-state index contributed by atoms with van der Waals surface area (Å²) < 4.78 is 4.69. The van der Waals surface area contributed by atoms with E-state index < -0.39 is 20.3 Å². The van der Waals surface area contributed by atoms with Gasteiger partial charge in [0.05, 0.1) is 0 Å². The summed E-state index contributed by atoms with van der Waals surface area (Å²) in [5.41, 5.74) is 9.65. The standard InChI is InChI=1S/2C10H9.C4H8.2ClH.Zr/c2*1-8-6-9-4-2-3-5-10(9)7-8;1-3-4-2;;;/h2*2-7H,1H3;1-4H2;2*1H;/q;;;;;+2/p-2. The van der Waals surface area contributed by atoms with Gasteiger partial charge in [-0.3, -0.25) is 0 Å². The van der Waals surface area contributed by atoms with E-state index in [-0.39, 0.29) is 24.8 Å². The van der Waals surface area contributed by atoms with Gasteiger partial charge in [-0.2, -0.15) is 0 Å². The molecule has 140 valence electrons. The monoisotopic (exact) mass is 474 g/mol. The van der Waals surface area contributed by atoms with Gasteiger partial charge < -0.3 is 24.8 Å². The van der Waals surface area contributed by atoms with Gasteiger partial charge in [0.25, 0.3) is 0 Å². The normalized spacial score (nSPS) is 23.0. The van der Waals surface area contributed by atoms with Gasteiger partial charge >= 0.3 is 157 Å². The Morgan fingerprint density at radius 1 is 0.667 bits per heavy atom. The first kappa shape index (κ1) is 21.1. The van der Waals surface area contributed by atoms with Crippen LogP contribution in [0.15, 0.2) is 59.7 Å². The molecule has 5 rings (SSSR count). The maximum Gasteiger partial charge on any atom is -1.00 e. The molecular formula is C24H26Cl2Zr. The zero-order valence-electron chi connectivity index (χ0n) is 16.0. The van der Waals surface area contributed by atoms with Crippen molar-refractivity contribution in [3.05, 3.63) is 81.9 Å². The first-order chi connectivity index (χ1) is 12.2. The van der Waals surface area contributed by atoms with Gasteiger partial charge in [0.2, 0.25) is 0 Å². The quantitative estimate of drug-likeness (QED) is 0.609. The SMILES string of the molecule is CC1=Cc2ccccc2[CH]1[Zr+2]1([CH]2C(C)=Cc3ccccc32)[CH2]CC[CH2]1.[Cl-].[Cl-]. The molecule has 3 aliphatic rings. The van der Waals surface area contributed by atoms with Crippen molar-refractivity contribution in [2.75, 3.05) is 0 Å². The fourth-order valence-electron chi connectivity index (χ4n) is 6.26. The number of allylic oxidation sites excluding steroid dienone is 2. The van der Waals surface area contributed by atoms with Gasteiger partial charge in [-0.25, -0.2) is 0 Å². The van der Waals surface area contributed by atoms with E-state index in [0.29, 0.717) is 0 Å². The van der Waals surface area contributed by atoms with Crippen LogP contribution in [0.3, 0.4) is 0 Å². The van der Waals surface area contributed by atoms with Crippen LogP contribution in [0, 0.1) is 0 Å². The Bertz CT molecular complexity index is 837. The van der Waals surface area contributed by atoms with Crippen LogP contribution in [0.4, 0.5) is 0 Å². The molecule has 1 fully saturated rings. The summed E-state index contributed by atoms with van der Waals surface area (Å²) in [6.45, 7) is 4.84. The van der Waals surface area contributed by atoms with Gasteiger partial charge in [-0.15, -0.1) is 0 Å². The molecule has 3 heteroatoms. The molecule has 2 aromatic rings. The maximum absolute atomic E-state index is 2.50. The molecule has 0 spiro atoms. The van der Waals surface area contributed by atoms with Crippen LogP contribution in [-0.4, -0.2) is 0 Å². The third-order valence-corrected chi connectivity index (χ3v) is 22.7. The van der Waals surface area contributed by atoms with E-state index in [0.717, 1.165) is 7.25 Å².